The standard InChI is InChI=1S/C29H37N3O6/c1-28(2,3)38-27(35)32-13-10-22-25(23(32)11-14-33)24(9-12-30-22)37-21-15-29(16-21)18-31(19-29)26(34)36-17-20-7-5-4-6-8-20/h4-9,12,21,23,33H,10-11,13-19H2,1-3H3. The number of aliphatic hydroxyl groups excluding tert-OH is 1. The first-order chi connectivity index (χ1) is 18.2. The fourth-order valence-corrected chi connectivity index (χ4v) is 5.78. The molecule has 0 radical (unpaired) electrons. The third kappa shape index (κ3) is 5.57. The molecule has 2 amide bonds. The Morgan fingerprint density at radius 3 is 2.53 bits per heavy atom. The SMILES string of the molecule is CC(C)(C)OC(=O)N1CCc2nccc(OC3CC4(C3)CN(C(=O)OCc3ccccc3)C4)c2C1CCO. The van der Waals surface area contributed by atoms with Gasteiger partial charge in [-0.2, -0.15) is 0 Å². The van der Waals surface area contributed by atoms with Gasteiger partial charge in [0.2, 0.25) is 0 Å². The maximum Gasteiger partial charge on any atom is 0.410 e. The van der Waals surface area contributed by atoms with Gasteiger partial charge >= 0.3 is 12.2 Å². The smallest absolute Gasteiger partial charge is 0.410 e. The van der Waals surface area contributed by atoms with Gasteiger partial charge in [0.1, 0.15) is 24.1 Å². The first-order valence-electron chi connectivity index (χ1n) is 13.4. The normalized spacial score (nSPS) is 20.3. The van der Waals surface area contributed by atoms with Crippen molar-refractivity contribution < 1.29 is 28.9 Å². The zero-order chi connectivity index (χ0) is 26.9. The van der Waals surface area contributed by atoms with Crippen molar-refractivity contribution in [3.05, 3.63) is 59.4 Å². The van der Waals surface area contributed by atoms with E-state index in [0.29, 0.717) is 38.2 Å². The van der Waals surface area contributed by atoms with Crippen molar-refractivity contribution in [2.24, 2.45) is 5.41 Å². The molecule has 2 aliphatic heterocycles. The van der Waals surface area contributed by atoms with Crippen LogP contribution in [0.15, 0.2) is 42.6 Å². The number of aliphatic hydroxyl groups is 1. The van der Waals surface area contributed by atoms with Crippen molar-refractivity contribution in [3.63, 3.8) is 0 Å². The lowest BCUT2D eigenvalue weighted by Gasteiger charge is -2.57. The Bertz CT molecular complexity index is 1150. The molecule has 9 heteroatoms. The summed E-state index contributed by atoms with van der Waals surface area (Å²) >= 11 is 0. The number of nitrogens with zero attached hydrogens (tertiary/aromatic N) is 3. The first kappa shape index (κ1) is 26.3. The molecule has 5 rings (SSSR count). The average molecular weight is 524 g/mol. The van der Waals surface area contributed by atoms with Crippen LogP contribution < -0.4 is 4.74 Å². The van der Waals surface area contributed by atoms with Crippen LogP contribution in [0.1, 0.15) is 62.9 Å². The third-order valence-corrected chi connectivity index (χ3v) is 7.49. The molecule has 204 valence electrons. The van der Waals surface area contributed by atoms with E-state index in [0.717, 1.165) is 29.7 Å². The Hall–Kier alpha value is -3.33. The molecule has 1 atom stereocenters. The van der Waals surface area contributed by atoms with E-state index in [2.05, 4.69) is 4.98 Å². The summed E-state index contributed by atoms with van der Waals surface area (Å²) in [6.07, 6.45) is 3.78. The van der Waals surface area contributed by atoms with Crippen LogP contribution >= 0.6 is 0 Å². The van der Waals surface area contributed by atoms with Crippen molar-refractivity contribution in [1.82, 2.24) is 14.8 Å². The van der Waals surface area contributed by atoms with Crippen LogP contribution in [0.4, 0.5) is 9.59 Å². The molecule has 1 N–H and O–H groups in total. The van der Waals surface area contributed by atoms with Crippen LogP contribution in [0.3, 0.4) is 0 Å². The zero-order valence-corrected chi connectivity index (χ0v) is 22.4. The predicted molar refractivity (Wildman–Crippen MR) is 140 cm³/mol. The molecule has 3 aliphatic rings. The summed E-state index contributed by atoms with van der Waals surface area (Å²) in [4.78, 5) is 33.4. The number of carbonyl (C=O) groups excluding carboxylic acids is 2. The molecule has 1 unspecified atom stereocenters. The minimum Gasteiger partial charge on any atom is -0.490 e. The van der Waals surface area contributed by atoms with E-state index in [1.54, 1.807) is 16.0 Å². The third-order valence-electron chi connectivity index (χ3n) is 7.49. The van der Waals surface area contributed by atoms with Crippen LogP contribution in [-0.2, 0) is 22.5 Å². The summed E-state index contributed by atoms with van der Waals surface area (Å²) in [7, 11) is 0. The van der Waals surface area contributed by atoms with Gasteiger partial charge in [-0.05, 0) is 51.7 Å². The highest BCUT2D eigenvalue weighted by Gasteiger charge is 2.55. The Labute approximate surface area is 223 Å². The molecule has 1 aromatic heterocycles. The lowest BCUT2D eigenvalue weighted by Crippen LogP contribution is -2.65. The second-order valence-electron chi connectivity index (χ2n) is 11.7. The Morgan fingerprint density at radius 2 is 1.84 bits per heavy atom. The number of likely N-dealkylation sites (tertiary alicyclic amines) is 1. The minimum absolute atomic E-state index is 0.0238. The number of benzene rings is 1. The highest BCUT2D eigenvalue weighted by molar-refractivity contribution is 5.70. The van der Waals surface area contributed by atoms with E-state index in [1.165, 1.54) is 0 Å². The van der Waals surface area contributed by atoms with E-state index < -0.39 is 11.7 Å². The monoisotopic (exact) mass is 523 g/mol. The predicted octanol–water partition coefficient (Wildman–Crippen LogP) is 4.48. The van der Waals surface area contributed by atoms with Crippen molar-refractivity contribution in [2.75, 3.05) is 26.2 Å². The summed E-state index contributed by atoms with van der Waals surface area (Å²) in [5.41, 5.74) is 2.19. The van der Waals surface area contributed by atoms with E-state index >= 15 is 0 Å². The van der Waals surface area contributed by atoms with Gasteiger partial charge in [-0.25, -0.2) is 9.59 Å². The lowest BCUT2D eigenvalue weighted by atomic mass is 9.62. The zero-order valence-electron chi connectivity index (χ0n) is 22.4. The number of fused-ring (bicyclic) bond motifs is 1. The second kappa shape index (κ2) is 10.4. The molecule has 3 heterocycles. The summed E-state index contributed by atoms with van der Waals surface area (Å²) in [6.45, 7) is 7.57. The van der Waals surface area contributed by atoms with Crippen molar-refractivity contribution in [2.45, 2.75) is 70.8 Å². The summed E-state index contributed by atoms with van der Waals surface area (Å²) < 4.78 is 17.6. The fraction of sp³-hybridized carbons (Fsp3) is 0.552. The van der Waals surface area contributed by atoms with Crippen LogP contribution in [0.5, 0.6) is 5.75 Å². The van der Waals surface area contributed by atoms with Gasteiger partial charge in [-0.15, -0.1) is 0 Å². The maximum absolute atomic E-state index is 13.0. The number of hydrogen-bond acceptors (Lipinski definition) is 7. The van der Waals surface area contributed by atoms with Gasteiger partial charge in [0.25, 0.3) is 0 Å². The second-order valence-corrected chi connectivity index (χ2v) is 11.7. The molecule has 1 saturated heterocycles. The number of rotatable bonds is 6. The quantitative estimate of drug-likeness (QED) is 0.596. The fourth-order valence-electron chi connectivity index (χ4n) is 5.78. The number of pyridine rings is 1. The highest BCUT2D eigenvalue weighted by atomic mass is 16.6. The van der Waals surface area contributed by atoms with Gasteiger partial charge < -0.3 is 29.1 Å². The van der Waals surface area contributed by atoms with E-state index in [1.807, 2.05) is 57.2 Å². The molecule has 9 nitrogen and oxygen atoms in total. The van der Waals surface area contributed by atoms with E-state index in [9.17, 15) is 14.7 Å². The number of carbonyl (C=O) groups is 2. The van der Waals surface area contributed by atoms with Crippen molar-refractivity contribution >= 4 is 12.2 Å². The van der Waals surface area contributed by atoms with E-state index in [-0.39, 0.29) is 36.9 Å². The van der Waals surface area contributed by atoms with Gasteiger partial charge in [0.15, 0.2) is 0 Å². The highest BCUT2D eigenvalue weighted by Crippen LogP contribution is 2.50. The Morgan fingerprint density at radius 1 is 1.11 bits per heavy atom. The summed E-state index contributed by atoms with van der Waals surface area (Å²) in [5.74, 6) is 0.708. The molecule has 1 aromatic carbocycles. The Kier molecular flexibility index (Phi) is 7.22. The van der Waals surface area contributed by atoms with Gasteiger partial charge in [-0.1, -0.05) is 30.3 Å². The largest absolute Gasteiger partial charge is 0.490 e. The van der Waals surface area contributed by atoms with Crippen molar-refractivity contribution in [3.8, 4) is 5.75 Å². The maximum atomic E-state index is 13.0. The van der Waals surface area contributed by atoms with Crippen LogP contribution in [-0.4, -0.2) is 70.0 Å². The number of aromatic nitrogens is 1. The molecule has 1 aliphatic carbocycles. The molecule has 2 fully saturated rings. The van der Waals surface area contributed by atoms with Gasteiger partial charge in [0.05, 0.1) is 11.7 Å². The number of ether oxygens (including phenoxy) is 3. The van der Waals surface area contributed by atoms with E-state index in [4.69, 9.17) is 14.2 Å². The summed E-state index contributed by atoms with van der Waals surface area (Å²) in [6, 6.07) is 11.2. The van der Waals surface area contributed by atoms with Crippen LogP contribution in [0.2, 0.25) is 0 Å². The molecule has 0 bridgehead atoms. The van der Waals surface area contributed by atoms with Gasteiger partial charge in [0, 0.05) is 49.8 Å². The molecule has 2 aromatic rings. The van der Waals surface area contributed by atoms with Crippen LogP contribution in [0, 0.1) is 5.41 Å². The first-order valence-corrected chi connectivity index (χ1v) is 13.4. The van der Waals surface area contributed by atoms with Crippen LogP contribution in [0.25, 0.3) is 0 Å². The summed E-state index contributed by atoms with van der Waals surface area (Å²) in [5, 5.41) is 9.80. The molecular weight excluding hydrogens is 486 g/mol. The average Bonchev–Trinajstić information content (AvgIpc) is 2.83. The molecule has 1 saturated carbocycles. The number of hydrogen-bond donors (Lipinski definition) is 1. The lowest BCUT2D eigenvalue weighted by molar-refractivity contribution is -0.111. The Balaban J connectivity index is 1.18. The molecule has 38 heavy (non-hydrogen) atoms. The number of amides is 2. The van der Waals surface area contributed by atoms with Gasteiger partial charge in [-0.3, -0.25) is 4.98 Å². The molecular formula is C29H37N3O6. The molecule has 1 spiro atoms. The van der Waals surface area contributed by atoms with Crippen molar-refractivity contribution in [1.29, 1.82) is 0 Å². The minimum atomic E-state index is -0.611. The topological polar surface area (TPSA) is 101 Å².